The first-order chi connectivity index (χ1) is 11.3. The smallest absolute Gasteiger partial charge is 0.243 e. The van der Waals surface area contributed by atoms with Crippen molar-refractivity contribution in [2.75, 3.05) is 11.1 Å². The SMILES string of the molecule is O=C(CSc1nncs1)Nc1cccnc1Oc1ccccc1. The summed E-state index contributed by atoms with van der Waals surface area (Å²) in [6.45, 7) is 0. The summed E-state index contributed by atoms with van der Waals surface area (Å²) in [6, 6.07) is 12.8. The average Bonchev–Trinajstić information content (AvgIpc) is 3.09. The summed E-state index contributed by atoms with van der Waals surface area (Å²) in [7, 11) is 0. The summed E-state index contributed by atoms with van der Waals surface area (Å²) < 4.78 is 6.46. The largest absolute Gasteiger partial charge is 0.437 e. The summed E-state index contributed by atoms with van der Waals surface area (Å²) in [5.41, 5.74) is 2.16. The van der Waals surface area contributed by atoms with E-state index in [9.17, 15) is 4.79 Å². The molecule has 23 heavy (non-hydrogen) atoms. The Morgan fingerprint density at radius 1 is 1.22 bits per heavy atom. The summed E-state index contributed by atoms with van der Waals surface area (Å²) in [4.78, 5) is 16.2. The van der Waals surface area contributed by atoms with Gasteiger partial charge in [-0.3, -0.25) is 4.79 Å². The fourth-order valence-corrected chi connectivity index (χ4v) is 3.00. The third-order valence-corrected chi connectivity index (χ3v) is 4.53. The minimum atomic E-state index is -0.156. The Bertz CT molecular complexity index is 766. The molecule has 0 aliphatic rings. The minimum absolute atomic E-state index is 0.156. The van der Waals surface area contributed by atoms with Gasteiger partial charge in [0.25, 0.3) is 0 Å². The minimum Gasteiger partial charge on any atom is -0.437 e. The van der Waals surface area contributed by atoms with Crippen molar-refractivity contribution in [3.05, 3.63) is 54.2 Å². The van der Waals surface area contributed by atoms with Gasteiger partial charge in [-0.2, -0.15) is 0 Å². The number of carbonyl (C=O) groups excluding carboxylic acids is 1. The third-order valence-electron chi connectivity index (χ3n) is 2.67. The molecule has 0 spiro atoms. The molecule has 3 rings (SSSR count). The standard InChI is InChI=1S/C15H12N4O2S2/c20-13(9-22-15-19-17-10-23-15)18-12-7-4-8-16-14(12)21-11-5-2-1-3-6-11/h1-8,10H,9H2,(H,18,20). The van der Waals surface area contributed by atoms with Crippen LogP contribution in [0.2, 0.25) is 0 Å². The maximum absolute atomic E-state index is 12.1. The van der Waals surface area contributed by atoms with Crippen LogP contribution in [-0.4, -0.2) is 26.8 Å². The lowest BCUT2D eigenvalue weighted by Crippen LogP contribution is -2.14. The zero-order valence-corrected chi connectivity index (χ0v) is 13.5. The Morgan fingerprint density at radius 3 is 2.87 bits per heavy atom. The second kappa shape index (κ2) is 7.70. The van der Waals surface area contributed by atoms with Crippen LogP contribution in [0.4, 0.5) is 5.69 Å². The lowest BCUT2D eigenvalue weighted by atomic mass is 10.3. The highest BCUT2D eigenvalue weighted by molar-refractivity contribution is 8.01. The molecule has 1 amide bonds. The van der Waals surface area contributed by atoms with Gasteiger partial charge in [-0.1, -0.05) is 41.3 Å². The van der Waals surface area contributed by atoms with E-state index in [4.69, 9.17) is 4.74 Å². The topological polar surface area (TPSA) is 77.0 Å². The Kier molecular flexibility index (Phi) is 5.17. The highest BCUT2D eigenvalue weighted by Crippen LogP contribution is 2.27. The Labute approximate surface area is 140 Å². The molecule has 0 aliphatic heterocycles. The number of para-hydroxylation sites is 1. The molecule has 0 bridgehead atoms. The quantitative estimate of drug-likeness (QED) is 0.690. The van der Waals surface area contributed by atoms with E-state index in [1.165, 1.54) is 23.1 Å². The first kappa shape index (κ1) is 15.4. The fraction of sp³-hybridized carbons (Fsp3) is 0.0667. The molecule has 6 nitrogen and oxygen atoms in total. The van der Waals surface area contributed by atoms with Gasteiger partial charge in [0.15, 0.2) is 4.34 Å². The predicted octanol–water partition coefficient (Wildman–Crippen LogP) is 3.46. The zero-order chi connectivity index (χ0) is 15.9. The highest BCUT2D eigenvalue weighted by atomic mass is 32.2. The maximum atomic E-state index is 12.1. The van der Waals surface area contributed by atoms with Gasteiger partial charge < -0.3 is 10.1 Å². The van der Waals surface area contributed by atoms with Crippen LogP contribution < -0.4 is 10.1 Å². The van der Waals surface area contributed by atoms with Crippen LogP contribution in [0.1, 0.15) is 0 Å². The van der Waals surface area contributed by atoms with Crippen LogP contribution >= 0.6 is 23.1 Å². The Morgan fingerprint density at radius 2 is 2.09 bits per heavy atom. The molecule has 0 aliphatic carbocycles. The van der Waals surface area contributed by atoms with Gasteiger partial charge in [-0.05, 0) is 24.3 Å². The molecule has 0 fully saturated rings. The van der Waals surface area contributed by atoms with Crippen LogP contribution in [0.25, 0.3) is 0 Å². The van der Waals surface area contributed by atoms with Crippen molar-refractivity contribution >= 4 is 34.7 Å². The summed E-state index contributed by atoms with van der Waals surface area (Å²) in [5, 5.41) is 10.4. The Hall–Kier alpha value is -2.45. The molecule has 0 unspecified atom stereocenters. The summed E-state index contributed by atoms with van der Waals surface area (Å²) in [5.74, 6) is 1.10. The van der Waals surface area contributed by atoms with Crippen molar-refractivity contribution in [2.24, 2.45) is 0 Å². The molecule has 0 atom stereocenters. The number of hydrogen-bond donors (Lipinski definition) is 1. The van der Waals surface area contributed by atoms with Crippen molar-refractivity contribution in [1.82, 2.24) is 15.2 Å². The number of amides is 1. The van der Waals surface area contributed by atoms with Gasteiger partial charge in [-0.15, -0.1) is 10.2 Å². The van der Waals surface area contributed by atoms with Crippen LogP contribution in [0.3, 0.4) is 0 Å². The lowest BCUT2D eigenvalue weighted by molar-refractivity contribution is -0.113. The number of ether oxygens (including phenoxy) is 1. The number of hydrogen-bond acceptors (Lipinski definition) is 7. The number of rotatable bonds is 6. The molecule has 0 radical (unpaired) electrons. The molecule has 116 valence electrons. The number of nitrogens with zero attached hydrogens (tertiary/aromatic N) is 3. The van der Waals surface area contributed by atoms with Crippen molar-refractivity contribution in [2.45, 2.75) is 4.34 Å². The van der Waals surface area contributed by atoms with Gasteiger partial charge >= 0.3 is 0 Å². The van der Waals surface area contributed by atoms with Gasteiger partial charge in [0.05, 0.1) is 5.75 Å². The molecule has 1 N–H and O–H groups in total. The molecular weight excluding hydrogens is 332 g/mol. The van der Waals surface area contributed by atoms with Crippen LogP contribution in [0, 0.1) is 0 Å². The number of pyridine rings is 1. The zero-order valence-electron chi connectivity index (χ0n) is 11.9. The Balaban J connectivity index is 1.64. The van der Waals surface area contributed by atoms with E-state index in [1.807, 2.05) is 30.3 Å². The molecule has 8 heteroatoms. The molecular formula is C15H12N4O2S2. The molecule has 2 aromatic heterocycles. The van der Waals surface area contributed by atoms with E-state index in [1.54, 1.807) is 23.8 Å². The van der Waals surface area contributed by atoms with Crippen molar-refractivity contribution < 1.29 is 9.53 Å². The summed E-state index contributed by atoms with van der Waals surface area (Å²) in [6.07, 6.45) is 1.61. The van der Waals surface area contributed by atoms with Gasteiger partial charge in [-0.25, -0.2) is 4.98 Å². The number of nitrogens with one attached hydrogen (secondary N) is 1. The average molecular weight is 344 g/mol. The van der Waals surface area contributed by atoms with E-state index < -0.39 is 0 Å². The number of thioether (sulfide) groups is 1. The second-order valence-electron chi connectivity index (χ2n) is 4.31. The van der Waals surface area contributed by atoms with Crippen LogP contribution in [0.15, 0.2) is 58.5 Å². The van der Waals surface area contributed by atoms with Crippen LogP contribution in [0.5, 0.6) is 11.6 Å². The predicted molar refractivity (Wildman–Crippen MR) is 90.0 cm³/mol. The molecule has 2 heterocycles. The summed E-state index contributed by atoms with van der Waals surface area (Å²) >= 11 is 2.74. The molecule has 0 saturated carbocycles. The first-order valence-corrected chi connectivity index (χ1v) is 8.54. The van der Waals surface area contributed by atoms with E-state index in [2.05, 4.69) is 20.5 Å². The third kappa shape index (κ3) is 4.51. The van der Waals surface area contributed by atoms with Crippen molar-refractivity contribution in [1.29, 1.82) is 0 Å². The van der Waals surface area contributed by atoms with Crippen molar-refractivity contribution in [3.8, 4) is 11.6 Å². The van der Waals surface area contributed by atoms with E-state index >= 15 is 0 Å². The first-order valence-electron chi connectivity index (χ1n) is 6.68. The van der Waals surface area contributed by atoms with Crippen LogP contribution in [-0.2, 0) is 4.79 Å². The molecule has 0 saturated heterocycles. The van der Waals surface area contributed by atoms with Crippen molar-refractivity contribution in [3.63, 3.8) is 0 Å². The second-order valence-corrected chi connectivity index (χ2v) is 6.37. The number of aromatic nitrogens is 3. The maximum Gasteiger partial charge on any atom is 0.243 e. The van der Waals surface area contributed by atoms with Gasteiger partial charge in [0.1, 0.15) is 16.9 Å². The fourth-order valence-electron chi connectivity index (χ4n) is 1.71. The molecule has 1 aromatic carbocycles. The number of carbonyl (C=O) groups is 1. The number of anilines is 1. The van der Waals surface area contributed by atoms with E-state index in [0.717, 1.165) is 4.34 Å². The number of benzene rings is 1. The lowest BCUT2D eigenvalue weighted by Gasteiger charge is -2.10. The molecule has 3 aromatic rings. The van der Waals surface area contributed by atoms with Gasteiger partial charge in [0.2, 0.25) is 11.8 Å². The normalized spacial score (nSPS) is 10.3. The van der Waals surface area contributed by atoms with Gasteiger partial charge in [0, 0.05) is 6.20 Å². The van der Waals surface area contributed by atoms with E-state index in [0.29, 0.717) is 17.3 Å². The highest BCUT2D eigenvalue weighted by Gasteiger charge is 2.11. The monoisotopic (exact) mass is 344 g/mol. The van der Waals surface area contributed by atoms with E-state index in [-0.39, 0.29) is 11.7 Å².